The summed E-state index contributed by atoms with van der Waals surface area (Å²) in [5.74, 6) is 0.150. The third-order valence-electron chi connectivity index (χ3n) is 8.09. The fourth-order valence-electron chi connectivity index (χ4n) is 5.63. The van der Waals surface area contributed by atoms with Gasteiger partial charge in [-0.3, -0.25) is 23.6 Å². The summed E-state index contributed by atoms with van der Waals surface area (Å²) in [6.07, 6.45) is 5.44. The van der Waals surface area contributed by atoms with Crippen molar-refractivity contribution in [1.29, 1.82) is 0 Å². The molecular weight excluding hydrogens is 526 g/mol. The molecule has 38 heavy (non-hydrogen) atoms. The van der Waals surface area contributed by atoms with Crippen molar-refractivity contribution >= 4 is 44.9 Å². The van der Waals surface area contributed by atoms with Gasteiger partial charge < -0.3 is 14.4 Å². The maximum absolute atomic E-state index is 13.7. The van der Waals surface area contributed by atoms with Gasteiger partial charge in [-0.15, -0.1) is 0 Å². The first-order chi connectivity index (χ1) is 18.3. The first-order valence-electron chi connectivity index (χ1n) is 13.1. The zero-order valence-electron chi connectivity index (χ0n) is 21.1. The summed E-state index contributed by atoms with van der Waals surface area (Å²) in [7, 11) is -2.63. The minimum absolute atomic E-state index is 0.00831. The minimum atomic E-state index is -2.63. The Morgan fingerprint density at radius 1 is 0.895 bits per heavy atom. The van der Waals surface area contributed by atoms with Crippen molar-refractivity contribution in [3.05, 3.63) is 59.0 Å². The van der Waals surface area contributed by atoms with Gasteiger partial charge in [0, 0.05) is 62.5 Å². The number of nitrogens with zero attached hydrogens (tertiary/aromatic N) is 5. The van der Waals surface area contributed by atoms with E-state index in [1.54, 1.807) is 23.2 Å². The number of benzene rings is 1. The minimum Gasteiger partial charge on any atom is -0.336 e. The molecule has 6 rings (SSSR count). The van der Waals surface area contributed by atoms with Gasteiger partial charge in [0.1, 0.15) is 10.8 Å². The van der Waals surface area contributed by atoms with E-state index in [2.05, 4.69) is 9.88 Å². The van der Waals surface area contributed by atoms with Crippen molar-refractivity contribution in [2.24, 2.45) is 0 Å². The first-order valence-corrected chi connectivity index (χ1v) is 15.4. The molecule has 1 saturated carbocycles. The van der Waals surface area contributed by atoms with Crippen LogP contribution in [0.3, 0.4) is 0 Å². The number of hydrogen-bond donors (Lipinski definition) is 2. The quantitative estimate of drug-likeness (QED) is 0.466. The second-order valence-electron chi connectivity index (χ2n) is 10.4. The Balaban J connectivity index is 1.31. The van der Waals surface area contributed by atoms with E-state index in [1.807, 2.05) is 33.7 Å². The fraction of sp³-hybridized carbons (Fsp3) is 0.444. The molecule has 2 aromatic heterocycles. The molecule has 3 fully saturated rings. The van der Waals surface area contributed by atoms with Crippen LogP contribution in [-0.2, 0) is 0 Å². The van der Waals surface area contributed by atoms with Gasteiger partial charge in [0.2, 0.25) is 0 Å². The Kier molecular flexibility index (Phi) is 6.86. The lowest BCUT2D eigenvalue weighted by molar-refractivity contribution is 0.0455. The Bertz CT molecular complexity index is 1370. The van der Waals surface area contributed by atoms with E-state index in [0.717, 1.165) is 37.1 Å². The molecule has 2 amide bonds. The molecule has 0 bridgehead atoms. The van der Waals surface area contributed by atoms with Crippen molar-refractivity contribution < 1.29 is 18.7 Å². The van der Waals surface area contributed by atoms with Crippen LogP contribution < -0.4 is 0 Å². The number of pyridine rings is 1. The predicted octanol–water partition coefficient (Wildman–Crippen LogP) is 4.20. The third-order valence-corrected chi connectivity index (χ3v) is 9.97. The lowest BCUT2D eigenvalue weighted by atomic mass is 9.91. The molecule has 3 aromatic rings. The summed E-state index contributed by atoms with van der Waals surface area (Å²) in [5, 5.41) is 1.09. The highest BCUT2D eigenvalue weighted by Gasteiger charge is 2.31. The monoisotopic (exact) mass is 557 g/mol. The second-order valence-corrected chi connectivity index (χ2v) is 13.2. The molecule has 4 heterocycles. The van der Waals surface area contributed by atoms with E-state index < -0.39 is 10.6 Å². The van der Waals surface area contributed by atoms with Crippen LogP contribution in [0, 0.1) is 0 Å². The number of hydrogen-bond acceptors (Lipinski definition) is 6. The topological polar surface area (TPSA) is 102 Å². The van der Waals surface area contributed by atoms with Crippen molar-refractivity contribution in [2.75, 3.05) is 50.8 Å². The Morgan fingerprint density at radius 3 is 2.26 bits per heavy atom. The van der Waals surface area contributed by atoms with Crippen LogP contribution in [-0.4, -0.2) is 102 Å². The summed E-state index contributed by atoms with van der Waals surface area (Å²) < 4.78 is 21.8. The van der Waals surface area contributed by atoms with E-state index >= 15 is 0 Å². The van der Waals surface area contributed by atoms with E-state index in [4.69, 9.17) is 11.6 Å². The summed E-state index contributed by atoms with van der Waals surface area (Å²) in [5.41, 5.74) is 2.50. The number of carbonyl (C=O) groups excluding carboxylic acids is 2. The molecule has 1 aliphatic carbocycles. The van der Waals surface area contributed by atoms with Gasteiger partial charge in [-0.25, -0.2) is 4.98 Å². The van der Waals surface area contributed by atoms with Gasteiger partial charge in [-0.2, -0.15) is 10.6 Å². The van der Waals surface area contributed by atoms with Gasteiger partial charge >= 0.3 is 0 Å². The van der Waals surface area contributed by atoms with Gasteiger partial charge in [-0.05, 0) is 49.2 Å². The number of fused-ring (bicyclic) bond motifs is 1. The molecule has 2 aliphatic heterocycles. The number of piperazine rings is 1. The van der Waals surface area contributed by atoms with Gasteiger partial charge in [0.15, 0.2) is 0 Å². The molecule has 0 radical (unpaired) electrons. The second kappa shape index (κ2) is 10.2. The number of amides is 2. The van der Waals surface area contributed by atoms with Crippen LogP contribution in [0.15, 0.2) is 42.6 Å². The van der Waals surface area contributed by atoms with E-state index in [0.29, 0.717) is 28.1 Å². The van der Waals surface area contributed by atoms with Crippen LogP contribution in [0.25, 0.3) is 16.6 Å². The molecule has 11 heteroatoms. The SMILES string of the molecule is O=C(c1ccc2c(c1)cc(C(=O)N1CCS(O)(O)CC1)n2-c1ccnc(Cl)c1)N1CCN(C2CCC2)CC1. The smallest absolute Gasteiger partial charge is 0.270 e. The van der Waals surface area contributed by atoms with Crippen LogP contribution in [0.1, 0.15) is 40.1 Å². The van der Waals surface area contributed by atoms with E-state index in [-0.39, 0.29) is 36.4 Å². The maximum Gasteiger partial charge on any atom is 0.270 e. The highest BCUT2D eigenvalue weighted by atomic mass is 35.5. The zero-order valence-corrected chi connectivity index (χ0v) is 22.7. The number of rotatable bonds is 4. The molecule has 3 aliphatic rings. The average Bonchev–Trinajstić information content (AvgIpc) is 3.26. The highest BCUT2D eigenvalue weighted by Crippen LogP contribution is 2.40. The highest BCUT2D eigenvalue weighted by molar-refractivity contribution is 8.24. The van der Waals surface area contributed by atoms with Gasteiger partial charge in [0.25, 0.3) is 11.8 Å². The van der Waals surface area contributed by atoms with Gasteiger partial charge in [0.05, 0.1) is 22.7 Å². The largest absolute Gasteiger partial charge is 0.336 e. The molecule has 0 unspecified atom stereocenters. The Hall–Kier alpha value is -2.63. The molecular formula is C27H32ClN5O4S. The lowest BCUT2D eigenvalue weighted by Crippen LogP contribution is -2.53. The van der Waals surface area contributed by atoms with E-state index in [1.165, 1.54) is 19.3 Å². The maximum atomic E-state index is 13.7. The molecule has 0 atom stereocenters. The number of carbonyl (C=O) groups is 2. The number of halogens is 1. The summed E-state index contributed by atoms with van der Waals surface area (Å²) in [4.78, 5) is 37.2. The van der Waals surface area contributed by atoms with Crippen LogP contribution in [0.2, 0.25) is 5.15 Å². The van der Waals surface area contributed by atoms with Crippen molar-refractivity contribution in [3.8, 4) is 5.69 Å². The molecule has 202 valence electrons. The normalized spacial score (nSPS) is 21.3. The first kappa shape index (κ1) is 25.6. The molecule has 2 N–H and O–H groups in total. The average molecular weight is 558 g/mol. The summed E-state index contributed by atoms with van der Waals surface area (Å²) in [6, 6.07) is 11.6. The molecule has 1 aromatic carbocycles. The van der Waals surface area contributed by atoms with E-state index in [9.17, 15) is 18.7 Å². The summed E-state index contributed by atoms with van der Waals surface area (Å²) in [6.45, 7) is 3.82. The van der Waals surface area contributed by atoms with Crippen molar-refractivity contribution in [3.63, 3.8) is 0 Å². The van der Waals surface area contributed by atoms with Crippen LogP contribution >= 0.6 is 22.2 Å². The Morgan fingerprint density at radius 2 is 1.61 bits per heavy atom. The van der Waals surface area contributed by atoms with Crippen molar-refractivity contribution in [2.45, 2.75) is 25.3 Å². The fourth-order valence-corrected chi connectivity index (χ4v) is 7.03. The summed E-state index contributed by atoms with van der Waals surface area (Å²) >= 11 is 6.19. The van der Waals surface area contributed by atoms with Crippen molar-refractivity contribution in [1.82, 2.24) is 24.3 Å². The van der Waals surface area contributed by atoms with Crippen LogP contribution in [0.4, 0.5) is 0 Å². The molecule has 2 saturated heterocycles. The lowest BCUT2D eigenvalue weighted by Gasteiger charge is -2.42. The molecule has 0 spiro atoms. The molecule has 9 nitrogen and oxygen atoms in total. The predicted molar refractivity (Wildman–Crippen MR) is 150 cm³/mol. The van der Waals surface area contributed by atoms with Gasteiger partial charge in [-0.1, -0.05) is 18.0 Å². The standard InChI is InChI=1S/C27H32ClN5O4S/c28-25-18-22(6-7-29-25)33-23-5-4-19(26(34)31-10-8-30(9-11-31)21-2-1-3-21)16-20(23)17-24(33)27(35)32-12-14-38(36,37)15-13-32/h4-7,16-18,21,36-37H,1-3,8-15H2. The zero-order chi connectivity index (χ0) is 26.4. The van der Waals surface area contributed by atoms with Crippen LogP contribution in [0.5, 0.6) is 0 Å². The Labute approximate surface area is 228 Å². The number of aromatic nitrogens is 2. The third kappa shape index (κ3) is 4.91.